The van der Waals surface area contributed by atoms with E-state index in [1.165, 1.54) is 18.9 Å². The van der Waals surface area contributed by atoms with E-state index in [0.29, 0.717) is 17.8 Å². The number of ether oxygens (including phenoxy) is 1. The summed E-state index contributed by atoms with van der Waals surface area (Å²) in [5.74, 6) is 1.71. The smallest absolute Gasteiger partial charge is 0.303 e. The normalized spacial score (nSPS) is 45.9. The number of Topliss-reactive ketones (excluding diaryl/α,β-unsaturated/α-hetero) is 1. The number of carbonyl (C=O) groups excluding carboxylic acids is 2. The number of hydrogen-bond acceptors (Lipinski definition) is 4. The molecule has 0 aliphatic heterocycles. The van der Waals surface area contributed by atoms with E-state index in [1.807, 2.05) is 0 Å². The van der Waals surface area contributed by atoms with Crippen molar-refractivity contribution in [2.75, 3.05) is 6.61 Å². The van der Waals surface area contributed by atoms with Crippen LogP contribution in [0.25, 0.3) is 0 Å². The lowest BCUT2D eigenvalue weighted by atomic mass is 9.47. The Morgan fingerprint density at radius 2 is 1.93 bits per heavy atom. The maximum Gasteiger partial charge on any atom is 0.303 e. The van der Waals surface area contributed by atoms with Gasteiger partial charge in [0.15, 0.2) is 5.78 Å². The van der Waals surface area contributed by atoms with Crippen molar-refractivity contribution in [2.45, 2.75) is 78.2 Å². The summed E-state index contributed by atoms with van der Waals surface area (Å²) in [5.41, 5.74) is 1.78. The summed E-state index contributed by atoms with van der Waals surface area (Å²) in [6.07, 6.45) is 10.6. The van der Waals surface area contributed by atoms with Crippen molar-refractivity contribution in [1.82, 2.24) is 0 Å². The molecule has 0 aromatic carbocycles. The lowest BCUT2D eigenvalue weighted by molar-refractivity contribution is -0.149. The predicted molar refractivity (Wildman–Crippen MR) is 103 cm³/mol. The first-order valence-electron chi connectivity index (χ1n) is 10.8. The second kappa shape index (κ2) is 6.72. The molecule has 3 saturated carbocycles. The number of esters is 1. The third kappa shape index (κ3) is 2.99. The van der Waals surface area contributed by atoms with Gasteiger partial charge in [0.1, 0.15) is 6.61 Å². The van der Waals surface area contributed by atoms with E-state index in [0.717, 1.165) is 44.9 Å². The van der Waals surface area contributed by atoms with Crippen LogP contribution in [0.5, 0.6) is 0 Å². The number of aliphatic hydroxyl groups excluding tert-OH is 1. The molecule has 0 aromatic heterocycles. The molecule has 4 aliphatic rings. The Balaban J connectivity index is 1.55. The van der Waals surface area contributed by atoms with Gasteiger partial charge in [0.2, 0.25) is 0 Å². The first-order valence-corrected chi connectivity index (χ1v) is 10.8. The van der Waals surface area contributed by atoms with Gasteiger partial charge in [0, 0.05) is 12.8 Å². The third-order valence-electron chi connectivity index (χ3n) is 8.88. The number of carbonyl (C=O) groups is 2. The van der Waals surface area contributed by atoms with Crippen molar-refractivity contribution in [3.8, 4) is 0 Å². The van der Waals surface area contributed by atoms with Gasteiger partial charge in [-0.25, -0.2) is 0 Å². The molecule has 0 radical (unpaired) electrons. The van der Waals surface area contributed by atoms with Crippen molar-refractivity contribution in [3.05, 3.63) is 11.6 Å². The number of ketones is 1. The highest BCUT2D eigenvalue weighted by Gasteiger charge is 2.59. The van der Waals surface area contributed by atoms with Crippen LogP contribution in [0, 0.1) is 34.5 Å². The molecular formula is C23H34O4. The molecule has 4 nitrogen and oxygen atoms in total. The van der Waals surface area contributed by atoms with Crippen LogP contribution >= 0.6 is 0 Å². The van der Waals surface area contributed by atoms with Gasteiger partial charge in [-0.15, -0.1) is 0 Å². The molecule has 0 aromatic rings. The number of allylic oxidation sites excluding steroid dienone is 1. The molecule has 1 unspecified atom stereocenters. The zero-order valence-corrected chi connectivity index (χ0v) is 17.0. The highest BCUT2D eigenvalue weighted by molar-refractivity contribution is 5.85. The number of aliphatic hydroxyl groups is 1. The van der Waals surface area contributed by atoms with Crippen LogP contribution < -0.4 is 0 Å². The summed E-state index contributed by atoms with van der Waals surface area (Å²) < 4.78 is 5.02. The first kappa shape index (κ1) is 19.2. The van der Waals surface area contributed by atoms with Gasteiger partial charge >= 0.3 is 5.97 Å². The second-order valence-electron chi connectivity index (χ2n) is 10.1. The fourth-order valence-corrected chi connectivity index (χ4v) is 7.44. The number of rotatable bonds is 3. The molecule has 4 aliphatic carbocycles. The molecule has 150 valence electrons. The molecule has 27 heavy (non-hydrogen) atoms. The second-order valence-corrected chi connectivity index (χ2v) is 10.1. The van der Waals surface area contributed by atoms with E-state index in [9.17, 15) is 14.7 Å². The summed E-state index contributed by atoms with van der Waals surface area (Å²) in [7, 11) is 0. The van der Waals surface area contributed by atoms with E-state index in [-0.39, 0.29) is 41.2 Å². The maximum absolute atomic E-state index is 12.8. The van der Waals surface area contributed by atoms with E-state index < -0.39 is 0 Å². The molecule has 1 N–H and O–H groups in total. The molecule has 0 saturated heterocycles. The average Bonchev–Trinajstić information content (AvgIpc) is 2.97. The number of fused-ring (bicyclic) bond motifs is 5. The molecule has 7 atom stereocenters. The monoisotopic (exact) mass is 374 g/mol. The minimum atomic E-state index is -0.371. The third-order valence-corrected chi connectivity index (χ3v) is 8.88. The van der Waals surface area contributed by atoms with Gasteiger partial charge < -0.3 is 9.84 Å². The summed E-state index contributed by atoms with van der Waals surface area (Å²) >= 11 is 0. The first-order chi connectivity index (χ1) is 12.8. The molecule has 3 fully saturated rings. The highest BCUT2D eigenvalue weighted by Crippen LogP contribution is 2.66. The summed E-state index contributed by atoms with van der Waals surface area (Å²) in [6.45, 7) is 6.06. The van der Waals surface area contributed by atoms with Crippen molar-refractivity contribution in [1.29, 1.82) is 0 Å². The minimum Gasteiger partial charge on any atom is -0.458 e. The van der Waals surface area contributed by atoms with Crippen LogP contribution in [0.4, 0.5) is 0 Å². The molecular weight excluding hydrogens is 340 g/mol. The van der Waals surface area contributed by atoms with Crippen molar-refractivity contribution in [2.24, 2.45) is 34.5 Å². The van der Waals surface area contributed by atoms with Crippen LogP contribution in [0.3, 0.4) is 0 Å². The Hall–Kier alpha value is -1.16. The average molecular weight is 375 g/mol. The van der Waals surface area contributed by atoms with Gasteiger partial charge in [-0.3, -0.25) is 9.59 Å². The summed E-state index contributed by atoms with van der Waals surface area (Å²) in [4.78, 5) is 23.9. The zero-order valence-electron chi connectivity index (χ0n) is 17.0. The molecule has 0 heterocycles. The van der Waals surface area contributed by atoms with Gasteiger partial charge in [-0.1, -0.05) is 25.5 Å². The molecule has 4 heteroatoms. The van der Waals surface area contributed by atoms with Gasteiger partial charge in [-0.2, -0.15) is 0 Å². The molecule has 0 bridgehead atoms. The largest absolute Gasteiger partial charge is 0.458 e. The lowest BCUT2D eigenvalue weighted by Crippen LogP contribution is -2.51. The van der Waals surface area contributed by atoms with E-state index >= 15 is 0 Å². The Morgan fingerprint density at radius 1 is 1.15 bits per heavy atom. The molecule has 0 spiro atoms. The fraction of sp³-hybridized carbons (Fsp3) is 0.826. The van der Waals surface area contributed by atoms with Gasteiger partial charge in [-0.05, 0) is 80.0 Å². The van der Waals surface area contributed by atoms with Crippen LogP contribution in [0.2, 0.25) is 0 Å². The Morgan fingerprint density at radius 3 is 2.67 bits per heavy atom. The fourth-order valence-electron chi connectivity index (χ4n) is 7.44. The lowest BCUT2D eigenvalue weighted by Gasteiger charge is -2.57. The summed E-state index contributed by atoms with van der Waals surface area (Å²) in [5, 5.41) is 10.1. The van der Waals surface area contributed by atoms with E-state index in [2.05, 4.69) is 19.9 Å². The number of hydrogen-bond donors (Lipinski definition) is 1. The van der Waals surface area contributed by atoms with Crippen LogP contribution in [-0.4, -0.2) is 29.6 Å². The Kier molecular flexibility index (Phi) is 4.77. The zero-order chi connectivity index (χ0) is 19.4. The van der Waals surface area contributed by atoms with Crippen LogP contribution in [-0.2, 0) is 14.3 Å². The van der Waals surface area contributed by atoms with E-state index in [4.69, 9.17) is 4.74 Å². The quantitative estimate of drug-likeness (QED) is 0.598. The topological polar surface area (TPSA) is 63.6 Å². The predicted octanol–water partition coefficient (Wildman–Crippen LogP) is 4.06. The highest BCUT2D eigenvalue weighted by atomic mass is 16.5. The molecule has 4 rings (SSSR count). The van der Waals surface area contributed by atoms with Gasteiger partial charge in [0.05, 0.1) is 6.10 Å². The Labute approximate surface area is 162 Å². The van der Waals surface area contributed by atoms with Crippen molar-refractivity contribution < 1.29 is 19.4 Å². The van der Waals surface area contributed by atoms with Crippen LogP contribution in [0.15, 0.2) is 11.6 Å². The van der Waals surface area contributed by atoms with Gasteiger partial charge in [0.25, 0.3) is 0 Å². The Bertz CT molecular complexity index is 667. The van der Waals surface area contributed by atoms with Crippen molar-refractivity contribution >= 4 is 11.8 Å². The SMILES string of the molecule is CC(=O)OCC(=O)[C@H]1CC[C@H]2[C@@H]3CC=C4CC(O)CC[C@]4(C)[C@H]3CC[C@]12C. The van der Waals surface area contributed by atoms with Crippen LogP contribution in [0.1, 0.15) is 72.1 Å². The standard InChI is InChI=1S/C23H34O4/c1-14(24)27-13-21(26)20-7-6-18-17-5-4-15-12-16(25)8-10-22(15,2)19(17)9-11-23(18,20)3/h4,16-20,25H,5-13H2,1-3H3/t16?,17-,18-,19-,20+,22-,23-/m0/s1. The maximum atomic E-state index is 12.8. The summed E-state index contributed by atoms with van der Waals surface area (Å²) in [6, 6.07) is 0. The van der Waals surface area contributed by atoms with E-state index in [1.54, 1.807) is 0 Å². The minimum absolute atomic E-state index is 0.0363. The molecule has 0 amide bonds. The van der Waals surface area contributed by atoms with Crippen molar-refractivity contribution in [3.63, 3.8) is 0 Å².